The van der Waals surface area contributed by atoms with Crippen molar-refractivity contribution in [3.8, 4) is 0 Å². The van der Waals surface area contributed by atoms with Crippen molar-refractivity contribution in [1.82, 2.24) is 10.3 Å². The number of aryl methyl sites for hydroxylation is 2. The van der Waals surface area contributed by atoms with Gasteiger partial charge in [0.1, 0.15) is 16.4 Å². The summed E-state index contributed by atoms with van der Waals surface area (Å²) in [4.78, 5) is 25.2. The molecule has 0 saturated heterocycles. The molecule has 0 unspecified atom stereocenters. The zero-order valence-electron chi connectivity index (χ0n) is 13.3. The van der Waals surface area contributed by atoms with E-state index in [1.165, 1.54) is 18.2 Å². The smallest absolute Gasteiger partial charge is 0.269 e. The second-order valence-corrected chi connectivity index (χ2v) is 7.61. The van der Waals surface area contributed by atoms with Gasteiger partial charge in [0.2, 0.25) is 5.91 Å². The Hall–Kier alpha value is -2.36. The molecule has 0 spiro atoms. The van der Waals surface area contributed by atoms with Crippen molar-refractivity contribution in [2.75, 3.05) is 5.32 Å². The molecule has 0 bridgehead atoms. The number of halogens is 1. The monoisotopic (exact) mass is 383 g/mol. The number of anilines is 1. The quantitative estimate of drug-likeness (QED) is 0.694. The number of fused-ring (bicyclic) bond motifs is 1. The lowest BCUT2D eigenvalue weighted by Crippen LogP contribution is -2.41. The topological polar surface area (TPSA) is 118 Å². The van der Waals surface area contributed by atoms with Crippen molar-refractivity contribution in [3.05, 3.63) is 45.9 Å². The molecule has 132 valence electrons. The molecule has 1 aromatic heterocycles. The highest BCUT2D eigenvalue weighted by molar-refractivity contribution is 7.89. The number of carbonyl (C=O) groups excluding carboxylic acids is 2. The highest BCUT2D eigenvalue weighted by Crippen LogP contribution is 2.32. The van der Waals surface area contributed by atoms with Crippen LogP contribution in [0.3, 0.4) is 0 Å². The number of rotatable bonds is 4. The summed E-state index contributed by atoms with van der Waals surface area (Å²) in [5.74, 6) is -0.00146. The summed E-state index contributed by atoms with van der Waals surface area (Å²) in [7, 11) is -4.12. The number of furan rings is 1. The lowest BCUT2D eigenvalue weighted by molar-refractivity contribution is -0.115. The third-order valence-electron chi connectivity index (χ3n) is 3.66. The van der Waals surface area contributed by atoms with Gasteiger partial charge in [-0.05, 0) is 37.6 Å². The third kappa shape index (κ3) is 3.39. The van der Waals surface area contributed by atoms with E-state index in [1.807, 2.05) is 4.83 Å². The second kappa shape index (κ2) is 6.17. The van der Waals surface area contributed by atoms with Crippen LogP contribution in [0.2, 0.25) is 5.02 Å². The van der Waals surface area contributed by atoms with Gasteiger partial charge in [0, 0.05) is 5.69 Å². The van der Waals surface area contributed by atoms with Gasteiger partial charge < -0.3 is 9.73 Å². The first-order chi connectivity index (χ1) is 11.7. The van der Waals surface area contributed by atoms with Crippen molar-refractivity contribution < 1.29 is 22.4 Å². The van der Waals surface area contributed by atoms with E-state index in [-0.39, 0.29) is 27.8 Å². The minimum Gasteiger partial charge on any atom is -0.466 e. The molecule has 3 rings (SSSR count). The van der Waals surface area contributed by atoms with Crippen LogP contribution >= 0.6 is 11.6 Å². The predicted molar refractivity (Wildman–Crippen MR) is 89.8 cm³/mol. The molecule has 1 aromatic carbocycles. The fourth-order valence-electron chi connectivity index (χ4n) is 2.52. The van der Waals surface area contributed by atoms with Crippen LogP contribution < -0.4 is 15.6 Å². The Morgan fingerprint density at radius 2 is 2.00 bits per heavy atom. The summed E-state index contributed by atoms with van der Waals surface area (Å²) in [6.07, 6.45) is 0.0644. The number of nitrogens with one attached hydrogen (secondary N) is 3. The zero-order chi connectivity index (χ0) is 18.4. The lowest BCUT2D eigenvalue weighted by Gasteiger charge is -2.11. The molecule has 10 heteroatoms. The van der Waals surface area contributed by atoms with Crippen LogP contribution in [-0.4, -0.2) is 20.2 Å². The number of carbonyl (C=O) groups is 2. The first-order valence-corrected chi connectivity index (χ1v) is 9.05. The predicted octanol–water partition coefficient (Wildman–Crippen LogP) is 1.67. The Morgan fingerprint density at radius 1 is 1.28 bits per heavy atom. The molecule has 8 nitrogen and oxygen atoms in total. The van der Waals surface area contributed by atoms with Gasteiger partial charge in [-0.3, -0.25) is 15.0 Å². The fraction of sp³-hybridized carbons (Fsp3) is 0.200. The van der Waals surface area contributed by atoms with Gasteiger partial charge in [0.25, 0.3) is 15.9 Å². The van der Waals surface area contributed by atoms with Gasteiger partial charge in [-0.1, -0.05) is 11.6 Å². The second-order valence-electron chi connectivity index (χ2n) is 5.55. The SMILES string of the molecule is Cc1cc(C(=O)NNS(=O)(=O)c2cc3c(cc2Cl)NC(=O)C3)c(C)o1. The van der Waals surface area contributed by atoms with Crippen LogP contribution in [-0.2, 0) is 21.2 Å². The standard InChI is InChI=1S/C15H14ClN3O5S/c1-7-3-10(8(2)24-7)15(21)18-19-25(22,23)13-4-9-5-14(20)17-12(9)6-11(13)16/h3-4,6,19H,5H2,1-2H3,(H,17,20)(H,18,21). The Balaban J connectivity index is 1.81. The molecule has 3 N–H and O–H groups in total. The maximum Gasteiger partial charge on any atom is 0.269 e. The molecule has 2 aromatic rings. The molecule has 0 radical (unpaired) electrons. The average molecular weight is 384 g/mol. The number of sulfonamides is 1. The molecule has 1 aliphatic heterocycles. The lowest BCUT2D eigenvalue weighted by atomic mass is 10.2. The molecule has 0 fully saturated rings. The van der Waals surface area contributed by atoms with Crippen molar-refractivity contribution in [3.63, 3.8) is 0 Å². The van der Waals surface area contributed by atoms with Crippen LogP contribution in [0.1, 0.15) is 27.4 Å². The third-order valence-corrected chi connectivity index (χ3v) is 5.37. The molecule has 2 amide bonds. The Morgan fingerprint density at radius 3 is 2.64 bits per heavy atom. The molecular formula is C15H14ClN3O5S. The highest BCUT2D eigenvalue weighted by atomic mass is 35.5. The van der Waals surface area contributed by atoms with Crippen LogP contribution in [0.25, 0.3) is 0 Å². The van der Waals surface area contributed by atoms with Crippen molar-refractivity contribution in [2.45, 2.75) is 25.2 Å². The molecule has 0 atom stereocenters. The first-order valence-electron chi connectivity index (χ1n) is 7.19. The van der Waals surface area contributed by atoms with Crippen LogP contribution in [0.4, 0.5) is 5.69 Å². The van der Waals surface area contributed by atoms with Crippen LogP contribution in [0.5, 0.6) is 0 Å². The number of benzene rings is 1. The van der Waals surface area contributed by atoms with E-state index in [9.17, 15) is 18.0 Å². The van der Waals surface area contributed by atoms with E-state index in [0.717, 1.165) is 0 Å². The summed E-state index contributed by atoms with van der Waals surface area (Å²) in [6, 6.07) is 4.16. The zero-order valence-corrected chi connectivity index (χ0v) is 14.8. The van der Waals surface area contributed by atoms with E-state index in [2.05, 4.69) is 10.7 Å². The summed E-state index contributed by atoms with van der Waals surface area (Å²) in [6.45, 7) is 3.27. The van der Waals surface area contributed by atoms with Gasteiger partial charge in [0.15, 0.2) is 0 Å². The van der Waals surface area contributed by atoms with E-state index < -0.39 is 15.9 Å². The maximum absolute atomic E-state index is 12.4. The molecule has 1 aliphatic rings. The Labute approximate surface area is 148 Å². The van der Waals surface area contributed by atoms with E-state index in [0.29, 0.717) is 22.8 Å². The molecule has 25 heavy (non-hydrogen) atoms. The molecule has 2 heterocycles. The first kappa shape index (κ1) is 17.5. The summed E-state index contributed by atoms with van der Waals surface area (Å²) in [5.41, 5.74) is 3.33. The minimum absolute atomic E-state index is 0.0644. The van der Waals surface area contributed by atoms with Crippen molar-refractivity contribution >= 4 is 39.1 Å². The Kier molecular flexibility index (Phi) is 4.31. The maximum atomic E-state index is 12.4. The largest absolute Gasteiger partial charge is 0.466 e. The minimum atomic E-state index is -4.12. The van der Waals surface area contributed by atoms with Gasteiger partial charge >= 0.3 is 0 Å². The normalized spacial score (nSPS) is 13.5. The number of hydrazine groups is 1. The van der Waals surface area contributed by atoms with Gasteiger partial charge in [-0.2, -0.15) is 0 Å². The van der Waals surface area contributed by atoms with Crippen LogP contribution in [0, 0.1) is 13.8 Å². The number of amides is 2. The van der Waals surface area contributed by atoms with Gasteiger partial charge in [-0.15, -0.1) is 4.83 Å². The summed E-state index contributed by atoms with van der Waals surface area (Å²) >= 11 is 6.00. The van der Waals surface area contributed by atoms with Crippen LogP contribution in [0.15, 0.2) is 27.5 Å². The number of hydrogen-bond acceptors (Lipinski definition) is 5. The van der Waals surface area contributed by atoms with Gasteiger partial charge in [0.05, 0.1) is 17.0 Å². The summed E-state index contributed by atoms with van der Waals surface area (Å²) < 4.78 is 30.1. The molecular weight excluding hydrogens is 370 g/mol. The van der Waals surface area contributed by atoms with E-state index >= 15 is 0 Å². The van der Waals surface area contributed by atoms with E-state index in [1.54, 1.807) is 13.8 Å². The summed E-state index contributed by atoms with van der Waals surface area (Å²) in [5, 5.41) is 2.51. The Bertz CT molecular complexity index is 997. The van der Waals surface area contributed by atoms with Crippen molar-refractivity contribution in [2.24, 2.45) is 0 Å². The fourth-order valence-corrected chi connectivity index (χ4v) is 3.94. The number of hydrogen-bond donors (Lipinski definition) is 3. The molecule has 0 aliphatic carbocycles. The van der Waals surface area contributed by atoms with Crippen molar-refractivity contribution in [1.29, 1.82) is 0 Å². The van der Waals surface area contributed by atoms with E-state index in [4.69, 9.17) is 16.0 Å². The average Bonchev–Trinajstić information content (AvgIpc) is 3.04. The molecule has 0 saturated carbocycles. The van der Waals surface area contributed by atoms with Gasteiger partial charge in [-0.25, -0.2) is 8.42 Å². The highest BCUT2D eigenvalue weighted by Gasteiger charge is 2.26.